The molecule has 1 fully saturated rings. The molecule has 0 aromatic heterocycles. The topological polar surface area (TPSA) is 53.3 Å². The lowest BCUT2D eigenvalue weighted by Crippen LogP contribution is -2.28. The first kappa shape index (κ1) is 16.1. The average Bonchev–Trinajstić information content (AvgIpc) is 3.07. The van der Waals surface area contributed by atoms with Crippen LogP contribution in [0.25, 0.3) is 6.08 Å². The summed E-state index contributed by atoms with van der Waals surface area (Å²) in [4.78, 5) is 14.0. The summed E-state index contributed by atoms with van der Waals surface area (Å²) in [5.41, 5.74) is 1.03. The van der Waals surface area contributed by atoms with E-state index in [9.17, 15) is 10.1 Å². The van der Waals surface area contributed by atoms with Gasteiger partial charge in [-0.2, -0.15) is 5.26 Å². The zero-order valence-electron chi connectivity index (χ0n) is 13.2. The highest BCUT2D eigenvalue weighted by Gasteiger charge is 2.21. The molecule has 1 aliphatic rings. The van der Waals surface area contributed by atoms with E-state index >= 15 is 0 Å². The lowest BCUT2D eigenvalue weighted by atomic mass is 10.1. The van der Waals surface area contributed by atoms with Crippen molar-refractivity contribution in [3.05, 3.63) is 35.4 Å². The van der Waals surface area contributed by atoms with E-state index in [0.717, 1.165) is 43.7 Å². The highest BCUT2D eigenvalue weighted by Crippen LogP contribution is 2.18. The smallest absolute Gasteiger partial charge is 0.264 e. The van der Waals surface area contributed by atoms with Crippen molar-refractivity contribution in [1.29, 1.82) is 5.26 Å². The molecule has 1 atom stereocenters. The number of ether oxygens (including phenoxy) is 1. The Morgan fingerprint density at radius 1 is 1.36 bits per heavy atom. The predicted octanol–water partition coefficient (Wildman–Crippen LogP) is 3.39. The fraction of sp³-hybridized carbons (Fsp3) is 0.444. The molecule has 0 radical (unpaired) electrons. The van der Waals surface area contributed by atoms with Gasteiger partial charge in [0.2, 0.25) is 0 Å². The molecule has 4 heteroatoms. The quantitative estimate of drug-likeness (QED) is 0.618. The molecular formula is C18H22N2O2. The number of hydrogen-bond donors (Lipinski definition) is 0. The highest BCUT2D eigenvalue weighted by atomic mass is 16.5. The molecule has 1 aromatic rings. The van der Waals surface area contributed by atoms with Gasteiger partial charge in [0, 0.05) is 13.1 Å². The molecule has 0 unspecified atom stereocenters. The Hall–Kier alpha value is -2.28. The van der Waals surface area contributed by atoms with E-state index < -0.39 is 0 Å². The van der Waals surface area contributed by atoms with Gasteiger partial charge in [-0.3, -0.25) is 4.79 Å². The monoisotopic (exact) mass is 298 g/mol. The van der Waals surface area contributed by atoms with Crippen LogP contribution in [0.4, 0.5) is 0 Å². The number of nitriles is 1. The molecule has 0 saturated carbocycles. The third kappa shape index (κ3) is 4.11. The van der Waals surface area contributed by atoms with Crippen molar-refractivity contribution in [2.45, 2.75) is 39.2 Å². The molecule has 0 bridgehead atoms. The molecule has 1 aliphatic heterocycles. The standard InChI is InChI=1S/C18H22N2O2/c1-3-14(2)22-17-8-6-15(7-9-17)12-16(13-19)18(21)20-10-4-5-11-20/h6-9,12,14H,3-5,10-11H2,1-2H3/b16-12+/t14-/m0/s1. The maximum atomic E-state index is 12.2. The second-order valence-electron chi connectivity index (χ2n) is 5.57. The lowest BCUT2D eigenvalue weighted by molar-refractivity contribution is -0.125. The molecule has 0 N–H and O–H groups in total. The Labute approximate surface area is 132 Å². The zero-order chi connectivity index (χ0) is 15.9. The van der Waals surface area contributed by atoms with Gasteiger partial charge < -0.3 is 9.64 Å². The van der Waals surface area contributed by atoms with E-state index in [0.29, 0.717) is 0 Å². The lowest BCUT2D eigenvalue weighted by Gasteiger charge is -2.14. The minimum Gasteiger partial charge on any atom is -0.491 e. The number of carbonyl (C=O) groups is 1. The van der Waals surface area contributed by atoms with E-state index in [1.165, 1.54) is 0 Å². The third-order valence-corrected chi connectivity index (χ3v) is 3.85. The van der Waals surface area contributed by atoms with Gasteiger partial charge in [0.1, 0.15) is 17.4 Å². The van der Waals surface area contributed by atoms with Gasteiger partial charge in [-0.25, -0.2) is 0 Å². The van der Waals surface area contributed by atoms with E-state index in [2.05, 4.69) is 6.92 Å². The summed E-state index contributed by atoms with van der Waals surface area (Å²) in [6.45, 7) is 5.60. The van der Waals surface area contributed by atoms with E-state index in [4.69, 9.17) is 4.74 Å². The summed E-state index contributed by atoms with van der Waals surface area (Å²) < 4.78 is 5.72. The fourth-order valence-electron chi connectivity index (χ4n) is 2.36. The molecule has 2 rings (SSSR count). The van der Waals surface area contributed by atoms with Crippen molar-refractivity contribution in [1.82, 2.24) is 4.90 Å². The Morgan fingerprint density at radius 3 is 2.55 bits per heavy atom. The summed E-state index contributed by atoms with van der Waals surface area (Å²) in [7, 11) is 0. The van der Waals surface area contributed by atoms with Crippen LogP contribution in [0.2, 0.25) is 0 Å². The zero-order valence-corrected chi connectivity index (χ0v) is 13.2. The van der Waals surface area contributed by atoms with Crippen LogP contribution in [0.1, 0.15) is 38.7 Å². The number of benzene rings is 1. The van der Waals surface area contributed by atoms with Crippen molar-refractivity contribution in [3.63, 3.8) is 0 Å². The maximum absolute atomic E-state index is 12.2. The minimum absolute atomic E-state index is 0.167. The first-order valence-electron chi connectivity index (χ1n) is 7.82. The van der Waals surface area contributed by atoms with Gasteiger partial charge in [0.05, 0.1) is 6.10 Å². The number of amides is 1. The Bertz CT molecular complexity index is 578. The number of hydrogen-bond acceptors (Lipinski definition) is 3. The molecular weight excluding hydrogens is 276 g/mol. The van der Waals surface area contributed by atoms with Gasteiger partial charge in [-0.05, 0) is 50.0 Å². The first-order valence-corrected chi connectivity index (χ1v) is 7.82. The summed E-state index contributed by atoms with van der Waals surface area (Å²) >= 11 is 0. The Balaban J connectivity index is 2.09. The van der Waals surface area contributed by atoms with Gasteiger partial charge in [-0.15, -0.1) is 0 Å². The van der Waals surface area contributed by atoms with Crippen LogP contribution in [0.5, 0.6) is 5.75 Å². The summed E-state index contributed by atoms with van der Waals surface area (Å²) in [5.74, 6) is 0.635. The molecule has 0 aliphatic carbocycles. The van der Waals surface area contributed by atoms with Gasteiger partial charge in [-0.1, -0.05) is 19.1 Å². The van der Waals surface area contributed by atoms with Crippen molar-refractivity contribution in [2.75, 3.05) is 13.1 Å². The summed E-state index contributed by atoms with van der Waals surface area (Å²) in [5, 5.41) is 9.23. The second kappa shape index (κ2) is 7.65. The van der Waals surface area contributed by atoms with Gasteiger partial charge in [0.25, 0.3) is 5.91 Å². The van der Waals surface area contributed by atoms with Crippen LogP contribution in [0.3, 0.4) is 0 Å². The molecule has 1 saturated heterocycles. The molecule has 116 valence electrons. The van der Waals surface area contributed by atoms with E-state index in [1.54, 1.807) is 11.0 Å². The van der Waals surface area contributed by atoms with Crippen molar-refractivity contribution >= 4 is 12.0 Å². The predicted molar refractivity (Wildman–Crippen MR) is 86.2 cm³/mol. The van der Waals surface area contributed by atoms with Crippen LogP contribution in [-0.4, -0.2) is 30.0 Å². The number of likely N-dealkylation sites (tertiary alicyclic amines) is 1. The maximum Gasteiger partial charge on any atom is 0.264 e. The fourth-order valence-corrected chi connectivity index (χ4v) is 2.36. The average molecular weight is 298 g/mol. The Kier molecular flexibility index (Phi) is 5.60. The van der Waals surface area contributed by atoms with Crippen LogP contribution < -0.4 is 4.74 Å². The molecule has 22 heavy (non-hydrogen) atoms. The number of rotatable bonds is 5. The van der Waals surface area contributed by atoms with Crippen molar-refractivity contribution in [2.24, 2.45) is 0 Å². The number of nitrogens with zero attached hydrogens (tertiary/aromatic N) is 2. The van der Waals surface area contributed by atoms with Crippen molar-refractivity contribution in [3.8, 4) is 11.8 Å². The minimum atomic E-state index is -0.167. The molecule has 1 amide bonds. The Morgan fingerprint density at radius 2 is 2.00 bits per heavy atom. The largest absolute Gasteiger partial charge is 0.491 e. The molecule has 0 spiro atoms. The normalized spacial score (nSPS) is 16.2. The third-order valence-electron chi connectivity index (χ3n) is 3.85. The van der Waals surface area contributed by atoms with Crippen LogP contribution in [0, 0.1) is 11.3 Å². The summed E-state index contributed by atoms with van der Waals surface area (Å²) in [6, 6.07) is 9.49. The van der Waals surface area contributed by atoms with E-state index in [-0.39, 0.29) is 17.6 Å². The van der Waals surface area contributed by atoms with Gasteiger partial charge >= 0.3 is 0 Å². The number of carbonyl (C=O) groups excluding carboxylic acids is 1. The molecule has 1 aromatic carbocycles. The van der Waals surface area contributed by atoms with Crippen LogP contribution in [-0.2, 0) is 4.79 Å². The van der Waals surface area contributed by atoms with Gasteiger partial charge in [0.15, 0.2) is 0 Å². The van der Waals surface area contributed by atoms with Crippen molar-refractivity contribution < 1.29 is 9.53 Å². The first-order chi connectivity index (χ1) is 10.6. The van der Waals surface area contributed by atoms with E-state index in [1.807, 2.05) is 37.3 Å². The van der Waals surface area contributed by atoms with Crippen LogP contribution >= 0.6 is 0 Å². The highest BCUT2D eigenvalue weighted by molar-refractivity contribution is 6.01. The molecule has 1 heterocycles. The second-order valence-corrected chi connectivity index (χ2v) is 5.57. The molecule has 4 nitrogen and oxygen atoms in total. The SMILES string of the molecule is CC[C@H](C)Oc1ccc(/C=C(\C#N)C(=O)N2CCCC2)cc1. The van der Waals surface area contributed by atoms with Crippen LogP contribution in [0.15, 0.2) is 29.8 Å². The summed E-state index contributed by atoms with van der Waals surface area (Å²) in [6.07, 6.45) is 4.81.